The predicted octanol–water partition coefficient (Wildman–Crippen LogP) is 2.10. The third kappa shape index (κ3) is 13.4. The number of hydrogen-bond donors (Lipinski definition) is 4. The maximum absolute atomic E-state index is 12.1. The van der Waals surface area contributed by atoms with E-state index >= 15 is 0 Å². The molecule has 1 aliphatic carbocycles. The van der Waals surface area contributed by atoms with E-state index in [-0.39, 0.29) is 49.6 Å². The van der Waals surface area contributed by atoms with Crippen LogP contribution in [-0.4, -0.2) is 70.1 Å². The minimum atomic E-state index is -0.784. The quantitative estimate of drug-likeness (QED) is 0.134. The van der Waals surface area contributed by atoms with Crippen LogP contribution in [0, 0.1) is 11.8 Å². The van der Waals surface area contributed by atoms with Crippen molar-refractivity contribution in [3.8, 4) is 23.6 Å². The molecule has 12 nitrogen and oxygen atoms in total. The summed E-state index contributed by atoms with van der Waals surface area (Å²) in [7, 11) is 0. The lowest BCUT2D eigenvalue weighted by Crippen LogP contribution is -2.34. The molecule has 1 aliphatic rings. The fraction of sp³-hybridized carbons (Fsp3) is 0.643. The summed E-state index contributed by atoms with van der Waals surface area (Å²) in [6.45, 7) is 4.93. The Bertz CT molecular complexity index is 1040. The van der Waals surface area contributed by atoms with Crippen molar-refractivity contribution >= 4 is 23.8 Å². The molecule has 0 spiro atoms. The Kier molecular flexibility index (Phi) is 13.9. The van der Waals surface area contributed by atoms with Gasteiger partial charge in [-0.1, -0.05) is 0 Å². The Balaban J connectivity index is 1.49. The van der Waals surface area contributed by atoms with Crippen molar-refractivity contribution in [3.63, 3.8) is 0 Å². The standard InChI is InChI=1S/C28H41N3O9/c1-28(2,17-19-30-23(33)12-16-27(37)40-31-24(34)13-14-25(31)35)38-20-8-18-29-22(32)11-15-26(36)39-21-9-6-4-3-5-7-10-21/h13-14,21,34-35H,4,6-12,15-20H2,1-2H3,(H,29,32)(H,30,33). The highest BCUT2D eigenvalue weighted by molar-refractivity contribution is 5.81. The lowest BCUT2D eigenvalue weighted by molar-refractivity contribution is -0.150. The number of rotatable bonds is 16. The summed E-state index contributed by atoms with van der Waals surface area (Å²) in [4.78, 5) is 52.7. The average molecular weight is 564 g/mol. The van der Waals surface area contributed by atoms with Gasteiger partial charge in [0.1, 0.15) is 6.10 Å². The van der Waals surface area contributed by atoms with Crippen LogP contribution in [0.5, 0.6) is 11.8 Å². The molecule has 0 aromatic carbocycles. The molecule has 40 heavy (non-hydrogen) atoms. The second-order valence-electron chi connectivity index (χ2n) is 10.1. The van der Waals surface area contributed by atoms with Crippen LogP contribution in [0.2, 0.25) is 0 Å². The number of ether oxygens (including phenoxy) is 2. The Morgan fingerprint density at radius 2 is 1.55 bits per heavy atom. The molecule has 4 N–H and O–H groups in total. The predicted molar refractivity (Wildman–Crippen MR) is 144 cm³/mol. The minimum Gasteiger partial charge on any atom is -0.492 e. The molecule has 1 atom stereocenters. The Labute approximate surface area is 234 Å². The number of carbonyl (C=O) groups is 4. The third-order valence-electron chi connectivity index (χ3n) is 6.13. The molecular weight excluding hydrogens is 522 g/mol. The van der Waals surface area contributed by atoms with Gasteiger partial charge in [0.05, 0.1) is 18.4 Å². The van der Waals surface area contributed by atoms with Crippen LogP contribution < -0.4 is 15.5 Å². The number of esters is 1. The highest BCUT2D eigenvalue weighted by Gasteiger charge is 2.19. The summed E-state index contributed by atoms with van der Waals surface area (Å²) >= 11 is 0. The van der Waals surface area contributed by atoms with E-state index in [0.29, 0.717) is 37.3 Å². The van der Waals surface area contributed by atoms with Gasteiger partial charge in [0.2, 0.25) is 23.6 Å². The summed E-state index contributed by atoms with van der Waals surface area (Å²) in [6.07, 6.45) is 4.77. The second-order valence-corrected chi connectivity index (χ2v) is 10.1. The van der Waals surface area contributed by atoms with Gasteiger partial charge in [-0.25, -0.2) is 4.79 Å². The van der Waals surface area contributed by atoms with E-state index in [4.69, 9.17) is 14.3 Å². The van der Waals surface area contributed by atoms with Crippen LogP contribution in [0.15, 0.2) is 12.1 Å². The first-order valence-electron chi connectivity index (χ1n) is 13.7. The lowest BCUT2D eigenvalue weighted by atomic mass is 10.0. The molecule has 2 rings (SSSR count). The van der Waals surface area contributed by atoms with Crippen molar-refractivity contribution in [2.45, 2.75) is 96.2 Å². The zero-order valence-electron chi connectivity index (χ0n) is 23.3. The molecule has 0 bridgehead atoms. The number of amides is 2. The zero-order valence-corrected chi connectivity index (χ0v) is 23.3. The van der Waals surface area contributed by atoms with Crippen LogP contribution in [0.1, 0.15) is 84.5 Å². The summed E-state index contributed by atoms with van der Waals surface area (Å²) in [5.41, 5.74) is -0.522. The van der Waals surface area contributed by atoms with E-state index in [2.05, 4.69) is 22.5 Å². The molecule has 1 heterocycles. The Morgan fingerprint density at radius 1 is 0.925 bits per heavy atom. The first-order chi connectivity index (χ1) is 19.1. The zero-order chi connectivity index (χ0) is 29.4. The molecular formula is C28H41N3O9. The summed E-state index contributed by atoms with van der Waals surface area (Å²) in [6, 6.07) is 2.32. The largest absolute Gasteiger partial charge is 0.492 e. The van der Waals surface area contributed by atoms with E-state index in [1.54, 1.807) is 0 Å². The van der Waals surface area contributed by atoms with Gasteiger partial charge < -0.3 is 35.2 Å². The maximum Gasteiger partial charge on any atom is 0.333 e. The van der Waals surface area contributed by atoms with Crippen LogP contribution in [0.3, 0.4) is 0 Å². The molecule has 0 radical (unpaired) electrons. The van der Waals surface area contributed by atoms with Gasteiger partial charge in [-0.15, -0.1) is 16.6 Å². The number of hydrogen-bond acceptors (Lipinski definition) is 9. The molecule has 12 heteroatoms. The number of aromatic hydroxyl groups is 2. The van der Waals surface area contributed by atoms with Crippen molar-refractivity contribution in [1.82, 2.24) is 15.4 Å². The topological polar surface area (TPSA) is 165 Å². The smallest absolute Gasteiger partial charge is 0.333 e. The Hall–Kier alpha value is -3.72. The highest BCUT2D eigenvalue weighted by atomic mass is 16.7. The summed E-state index contributed by atoms with van der Waals surface area (Å²) in [5, 5.41) is 24.4. The first kappa shape index (κ1) is 32.5. The Morgan fingerprint density at radius 3 is 2.25 bits per heavy atom. The van der Waals surface area contributed by atoms with Crippen molar-refractivity contribution in [2.75, 3.05) is 19.7 Å². The summed E-state index contributed by atoms with van der Waals surface area (Å²) < 4.78 is 11.9. The normalized spacial score (nSPS) is 15.1. The third-order valence-corrected chi connectivity index (χ3v) is 6.13. The molecule has 1 unspecified atom stereocenters. The first-order valence-corrected chi connectivity index (χ1v) is 13.7. The highest BCUT2D eigenvalue weighted by Crippen LogP contribution is 2.19. The number of nitrogens with zero attached hydrogens (tertiary/aromatic N) is 1. The van der Waals surface area contributed by atoms with Crippen LogP contribution in [0.4, 0.5) is 0 Å². The van der Waals surface area contributed by atoms with Crippen molar-refractivity contribution in [2.24, 2.45) is 0 Å². The van der Waals surface area contributed by atoms with Crippen molar-refractivity contribution < 1.29 is 43.7 Å². The molecule has 2 amide bonds. The number of carbonyl (C=O) groups excluding carboxylic acids is 4. The van der Waals surface area contributed by atoms with Gasteiger partial charge in [-0.2, -0.15) is 0 Å². The molecule has 1 aromatic rings. The van der Waals surface area contributed by atoms with E-state index in [1.165, 1.54) is 0 Å². The minimum absolute atomic E-state index is 0.0464. The van der Waals surface area contributed by atoms with Crippen LogP contribution in [0.25, 0.3) is 0 Å². The second kappa shape index (κ2) is 17.1. The lowest BCUT2D eigenvalue weighted by Gasteiger charge is -2.25. The van der Waals surface area contributed by atoms with Gasteiger partial charge in [-0.3, -0.25) is 14.4 Å². The van der Waals surface area contributed by atoms with Crippen molar-refractivity contribution in [1.29, 1.82) is 0 Å². The molecule has 0 saturated heterocycles. The van der Waals surface area contributed by atoms with Crippen LogP contribution in [-0.2, 0) is 28.7 Å². The molecule has 1 aromatic heterocycles. The van der Waals surface area contributed by atoms with Gasteiger partial charge in [0.25, 0.3) is 0 Å². The summed E-state index contributed by atoms with van der Waals surface area (Å²) in [5.74, 6) is 3.55. The van der Waals surface area contributed by atoms with Crippen LogP contribution >= 0.6 is 0 Å². The molecule has 0 fully saturated rings. The van der Waals surface area contributed by atoms with Crippen molar-refractivity contribution in [3.05, 3.63) is 12.1 Å². The molecule has 0 aliphatic heterocycles. The van der Waals surface area contributed by atoms with Gasteiger partial charge in [-0.05, 0) is 46.0 Å². The maximum atomic E-state index is 12.1. The number of aromatic nitrogens is 1. The molecule has 0 saturated carbocycles. The fourth-order valence-corrected chi connectivity index (χ4v) is 3.81. The monoisotopic (exact) mass is 563 g/mol. The van der Waals surface area contributed by atoms with E-state index in [1.807, 2.05) is 13.8 Å². The van der Waals surface area contributed by atoms with E-state index < -0.39 is 23.3 Å². The number of nitrogens with one attached hydrogen (secondary N) is 2. The average Bonchev–Trinajstić information content (AvgIpc) is 3.19. The molecule has 222 valence electrons. The van der Waals surface area contributed by atoms with E-state index in [9.17, 15) is 29.4 Å². The SMILES string of the molecule is CC(C)(CCNC(=O)CCC(=O)On1c(O)ccc1O)OCCCNC(=O)CCC(=O)OC1CCC#CCCC1. The van der Waals surface area contributed by atoms with Gasteiger partial charge >= 0.3 is 11.9 Å². The fourth-order valence-electron chi connectivity index (χ4n) is 3.81. The van der Waals surface area contributed by atoms with Gasteiger partial charge in [0, 0.05) is 57.5 Å². The van der Waals surface area contributed by atoms with E-state index in [0.717, 1.165) is 44.2 Å². The van der Waals surface area contributed by atoms with Gasteiger partial charge in [0.15, 0.2) is 0 Å².